The molecule has 1 aromatic heterocycles. The number of anilines is 2. The Balaban J connectivity index is 1.50. The molecule has 0 saturated heterocycles. The van der Waals surface area contributed by atoms with Crippen molar-refractivity contribution in [1.29, 1.82) is 0 Å². The second kappa shape index (κ2) is 10.8. The summed E-state index contributed by atoms with van der Waals surface area (Å²) in [6, 6.07) is 26.9. The van der Waals surface area contributed by atoms with Crippen LogP contribution in [0.4, 0.5) is 11.4 Å². The number of rotatable bonds is 9. The molecule has 0 aliphatic carbocycles. The molecule has 0 aliphatic heterocycles. The van der Waals surface area contributed by atoms with Gasteiger partial charge in [-0.2, -0.15) is 0 Å². The normalized spacial score (nSPS) is 12.0. The summed E-state index contributed by atoms with van der Waals surface area (Å²) in [6.45, 7) is 0. The summed E-state index contributed by atoms with van der Waals surface area (Å²) in [5, 5.41) is 4.18. The summed E-state index contributed by atoms with van der Waals surface area (Å²) in [7, 11) is -2.02. The number of methoxy groups -OCH3 is 1. The molecule has 1 unspecified atom stereocenters. The molecule has 0 saturated carbocycles. The Morgan fingerprint density at radius 1 is 0.882 bits per heavy atom. The molecular weight excluding hydrogens is 488 g/mol. The van der Waals surface area contributed by atoms with E-state index in [1.165, 1.54) is 11.8 Å². The van der Waals surface area contributed by atoms with E-state index in [-0.39, 0.29) is 10.1 Å². The van der Waals surface area contributed by atoms with Gasteiger partial charge in [0.1, 0.15) is 15.2 Å². The minimum absolute atomic E-state index is 0.163. The molecule has 9 heteroatoms. The van der Waals surface area contributed by atoms with Crippen LogP contribution in [0.15, 0.2) is 105 Å². The van der Waals surface area contributed by atoms with Crippen LogP contribution in [0.25, 0.3) is 0 Å². The van der Waals surface area contributed by atoms with E-state index in [4.69, 9.17) is 4.74 Å². The Kier molecular flexibility index (Phi) is 7.56. The van der Waals surface area contributed by atoms with Crippen LogP contribution in [-0.4, -0.2) is 21.4 Å². The van der Waals surface area contributed by atoms with Crippen LogP contribution in [0.3, 0.4) is 0 Å². The van der Waals surface area contributed by atoms with Gasteiger partial charge in [0.25, 0.3) is 10.0 Å². The van der Waals surface area contributed by atoms with Crippen molar-refractivity contribution in [2.24, 2.45) is 0 Å². The zero-order valence-electron chi connectivity index (χ0n) is 18.2. The molecule has 0 aliphatic rings. The van der Waals surface area contributed by atoms with Crippen LogP contribution in [0, 0.1) is 0 Å². The topological polar surface area (TPSA) is 84.5 Å². The maximum atomic E-state index is 13.2. The number of carbonyl (C=O) groups is 1. The molecule has 4 aromatic rings. The Bertz CT molecular complexity index is 1320. The van der Waals surface area contributed by atoms with Crippen LogP contribution >= 0.6 is 23.1 Å². The minimum Gasteiger partial charge on any atom is -0.497 e. The van der Waals surface area contributed by atoms with Crippen LogP contribution in [0.5, 0.6) is 5.75 Å². The highest BCUT2D eigenvalue weighted by atomic mass is 32.2. The van der Waals surface area contributed by atoms with E-state index in [1.807, 2.05) is 30.3 Å². The van der Waals surface area contributed by atoms with Crippen LogP contribution in [0.1, 0.15) is 10.8 Å². The summed E-state index contributed by atoms with van der Waals surface area (Å²) in [6.07, 6.45) is 0. The SMILES string of the molecule is COc1ccc(NC(=O)C(Sc2ccc(NS(=O)(=O)c3cccs3)cc2)c2ccccc2)cc1. The predicted octanol–water partition coefficient (Wildman–Crippen LogP) is 6.03. The molecule has 0 spiro atoms. The van der Waals surface area contributed by atoms with Crippen molar-refractivity contribution < 1.29 is 17.9 Å². The molecule has 6 nitrogen and oxygen atoms in total. The maximum absolute atomic E-state index is 13.2. The fourth-order valence-electron chi connectivity index (χ4n) is 3.14. The molecule has 0 fully saturated rings. The second-order valence-electron chi connectivity index (χ2n) is 7.19. The van der Waals surface area contributed by atoms with Gasteiger partial charge >= 0.3 is 0 Å². The first-order chi connectivity index (χ1) is 16.4. The van der Waals surface area contributed by atoms with E-state index in [2.05, 4.69) is 10.0 Å². The lowest BCUT2D eigenvalue weighted by molar-refractivity contribution is -0.115. The number of carbonyl (C=O) groups excluding carboxylic acids is 1. The van der Waals surface area contributed by atoms with Crippen LogP contribution < -0.4 is 14.8 Å². The standard InChI is InChI=1S/C25H22N2O4S3/c1-31-21-13-9-19(10-14-21)26-25(28)24(18-6-3-2-4-7-18)33-22-15-11-20(12-16-22)27-34(29,30)23-8-5-17-32-23/h2-17,24,27H,1H3,(H,26,28). The average molecular weight is 511 g/mol. The number of hydrogen-bond donors (Lipinski definition) is 2. The smallest absolute Gasteiger partial charge is 0.271 e. The largest absolute Gasteiger partial charge is 0.497 e. The highest BCUT2D eigenvalue weighted by Crippen LogP contribution is 2.37. The lowest BCUT2D eigenvalue weighted by atomic mass is 10.1. The molecule has 0 bridgehead atoms. The quantitative estimate of drug-likeness (QED) is 0.269. The molecule has 1 heterocycles. The summed E-state index contributed by atoms with van der Waals surface area (Å²) >= 11 is 2.55. The Labute approximate surface area is 207 Å². The molecule has 1 atom stereocenters. The van der Waals surface area contributed by atoms with Gasteiger partial charge in [0, 0.05) is 16.3 Å². The van der Waals surface area contributed by atoms with E-state index < -0.39 is 15.3 Å². The predicted molar refractivity (Wildman–Crippen MR) is 138 cm³/mol. The molecule has 0 radical (unpaired) electrons. The molecule has 1 amide bonds. The molecule has 4 rings (SSSR count). The number of ether oxygens (including phenoxy) is 1. The lowest BCUT2D eigenvalue weighted by Crippen LogP contribution is -2.19. The third-order valence-electron chi connectivity index (χ3n) is 4.82. The number of amides is 1. The monoisotopic (exact) mass is 510 g/mol. The summed E-state index contributed by atoms with van der Waals surface area (Å²) in [5.41, 5.74) is 1.99. The van der Waals surface area contributed by atoms with E-state index in [9.17, 15) is 13.2 Å². The summed E-state index contributed by atoms with van der Waals surface area (Å²) < 4.78 is 32.9. The number of thioether (sulfide) groups is 1. The fraction of sp³-hybridized carbons (Fsp3) is 0.0800. The van der Waals surface area contributed by atoms with Crippen molar-refractivity contribution >= 4 is 50.4 Å². The van der Waals surface area contributed by atoms with Crippen LogP contribution in [-0.2, 0) is 14.8 Å². The first-order valence-electron chi connectivity index (χ1n) is 10.3. The first kappa shape index (κ1) is 23.9. The molecule has 174 valence electrons. The first-order valence-corrected chi connectivity index (χ1v) is 13.5. The Hall–Kier alpha value is -3.27. The number of benzene rings is 3. The molecule has 34 heavy (non-hydrogen) atoms. The molecule has 2 N–H and O–H groups in total. The zero-order chi connectivity index (χ0) is 24.0. The van der Waals surface area contributed by atoms with E-state index in [1.54, 1.807) is 73.2 Å². The van der Waals surface area contributed by atoms with Crippen molar-refractivity contribution in [3.05, 3.63) is 102 Å². The highest BCUT2D eigenvalue weighted by molar-refractivity contribution is 8.00. The van der Waals surface area contributed by atoms with E-state index >= 15 is 0 Å². The molecule has 3 aromatic carbocycles. The average Bonchev–Trinajstić information content (AvgIpc) is 3.41. The van der Waals surface area contributed by atoms with Gasteiger partial charge in [0.15, 0.2) is 0 Å². The third-order valence-corrected chi connectivity index (χ3v) is 8.86. The number of sulfonamides is 1. The fourth-order valence-corrected chi connectivity index (χ4v) is 6.22. The van der Waals surface area contributed by atoms with Gasteiger partial charge in [-0.1, -0.05) is 36.4 Å². The summed E-state index contributed by atoms with van der Waals surface area (Å²) in [4.78, 5) is 14.0. The zero-order valence-corrected chi connectivity index (χ0v) is 20.6. The number of thiophene rings is 1. The Morgan fingerprint density at radius 2 is 1.56 bits per heavy atom. The van der Waals surface area contributed by atoms with E-state index in [0.29, 0.717) is 17.1 Å². The van der Waals surface area contributed by atoms with Crippen LogP contribution in [0.2, 0.25) is 0 Å². The van der Waals surface area contributed by atoms with Gasteiger partial charge in [-0.25, -0.2) is 8.42 Å². The Morgan fingerprint density at radius 3 is 2.18 bits per heavy atom. The van der Waals surface area contributed by atoms with Crippen molar-refractivity contribution in [2.45, 2.75) is 14.4 Å². The van der Waals surface area contributed by atoms with Gasteiger partial charge in [0.05, 0.1) is 7.11 Å². The van der Waals surface area contributed by atoms with Gasteiger partial charge in [-0.05, 0) is 65.5 Å². The van der Waals surface area contributed by atoms with Crippen molar-refractivity contribution in [2.75, 3.05) is 17.1 Å². The summed E-state index contributed by atoms with van der Waals surface area (Å²) in [5.74, 6) is 0.547. The van der Waals surface area contributed by atoms with E-state index in [0.717, 1.165) is 21.8 Å². The van der Waals surface area contributed by atoms with Gasteiger partial charge in [-0.3, -0.25) is 9.52 Å². The van der Waals surface area contributed by atoms with Crippen molar-refractivity contribution in [3.8, 4) is 5.75 Å². The van der Waals surface area contributed by atoms with Gasteiger partial charge < -0.3 is 10.1 Å². The lowest BCUT2D eigenvalue weighted by Gasteiger charge is -2.17. The maximum Gasteiger partial charge on any atom is 0.271 e. The van der Waals surface area contributed by atoms with Gasteiger partial charge in [-0.15, -0.1) is 23.1 Å². The highest BCUT2D eigenvalue weighted by Gasteiger charge is 2.22. The van der Waals surface area contributed by atoms with Gasteiger partial charge in [0.2, 0.25) is 5.91 Å². The molecular formula is C25H22N2O4S3. The number of hydrogen-bond acceptors (Lipinski definition) is 6. The number of nitrogens with one attached hydrogen (secondary N) is 2. The minimum atomic E-state index is -3.61. The van der Waals surface area contributed by atoms with Crippen molar-refractivity contribution in [1.82, 2.24) is 0 Å². The third kappa shape index (κ3) is 5.99. The van der Waals surface area contributed by atoms with Crippen molar-refractivity contribution in [3.63, 3.8) is 0 Å². The second-order valence-corrected chi connectivity index (χ2v) is 11.2.